The van der Waals surface area contributed by atoms with Crippen LogP contribution in [0, 0.1) is 5.82 Å². The summed E-state index contributed by atoms with van der Waals surface area (Å²) in [5.41, 5.74) is -0.999. The highest BCUT2D eigenvalue weighted by Gasteiger charge is 2.45. The van der Waals surface area contributed by atoms with E-state index in [9.17, 15) is 22.7 Å². The number of alkyl halides is 3. The Morgan fingerprint density at radius 1 is 1.23 bits per heavy atom. The Labute approximate surface area is 174 Å². The summed E-state index contributed by atoms with van der Waals surface area (Å²) in [5, 5.41) is 20.4. The number of pyridine rings is 1. The van der Waals surface area contributed by atoms with E-state index < -0.39 is 28.8 Å². The summed E-state index contributed by atoms with van der Waals surface area (Å²) in [6, 6.07) is 5.44. The molecule has 1 fully saturated rings. The van der Waals surface area contributed by atoms with Gasteiger partial charge in [-0.1, -0.05) is 29.0 Å². The van der Waals surface area contributed by atoms with E-state index in [4.69, 9.17) is 11.6 Å². The molecule has 2 aliphatic heterocycles. The van der Waals surface area contributed by atoms with Crippen molar-refractivity contribution in [3.8, 4) is 0 Å². The predicted molar refractivity (Wildman–Crippen MR) is 101 cm³/mol. The van der Waals surface area contributed by atoms with E-state index >= 15 is 0 Å². The van der Waals surface area contributed by atoms with Gasteiger partial charge >= 0.3 is 6.18 Å². The number of aliphatic hydroxyl groups is 1. The Morgan fingerprint density at radius 2 is 2.00 bits per heavy atom. The second-order valence-corrected chi connectivity index (χ2v) is 7.67. The lowest BCUT2D eigenvalue weighted by atomic mass is 9.91. The van der Waals surface area contributed by atoms with Crippen molar-refractivity contribution < 1.29 is 22.7 Å². The molecule has 0 saturated carbocycles. The molecule has 160 valence electrons. The van der Waals surface area contributed by atoms with Gasteiger partial charge in [0.05, 0.1) is 22.8 Å². The van der Waals surface area contributed by atoms with E-state index in [-0.39, 0.29) is 23.7 Å². The van der Waals surface area contributed by atoms with Gasteiger partial charge in [-0.3, -0.25) is 4.90 Å². The zero-order valence-corrected chi connectivity index (χ0v) is 16.5. The maximum absolute atomic E-state index is 13.2. The lowest BCUT2D eigenvalue weighted by Gasteiger charge is -2.43. The summed E-state index contributed by atoms with van der Waals surface area (Å²) in [5.74, 6) is -0.00881. The smallest absolute Gasteiger partial charge is 0.374 e. The highest BCUT2D eigenvalue weighted by atomic mass is 35.5. The quantitative estimate of drug-likeness (QED) is 0.704. The van der Waals surface area contributed by atoms with Crippen LogP contribution >= 0.6 is 11.6 Å². The number of hydrogen-bond donors (Lipinski definition) is 1. The van der Waals surface area contributed by atoms with Crippen molar-refractivity contribution in [1.29, 1.82) is 0 Å². The van der Waals surface area contributed by atoms with Crippen LogP contribution in [0.3, 0.4) is 0 Å². The summed E-state index contributed by atoms with van der Waals surface area (Å²) in [6.45, 7) is 2.20. The minimum atomic E-state index is -4.62. The van der Waals surface area contributed by atoms with Crippen LogP contribution in [0.1, 0.15) is 30.7 Å². The number of hydrogen-bond acceptors (Lipinski definition) is 6. The van der Waals surface area contributed by atoms with Crippen molar-refractivity contribution in [2.75, 3.05) is 11.6 Å². The monoisotopic (exact) mass is 443 g/mol. The van der Waals surface area contributed by atoms with E-state index in [1.165, 1.54) is 24.3 Å². The number of halogens is 5. The second kappa shape index (κ2) is 7.75. The van der Waals surface area contributed by atoms with E-state index in [0.29, 0.717) is 18.8 Å². The van der Waals surface area contributed by atoms with Gasteiger partial charge in [-0.15, -0.1) is 0 Å². The highest BCUT2D eigenvalue weighted by molar-refractivity contribution is 6.32. The summed E-state index contributed by atoms with van der Waals surface area (Å²) in [4.78, 5) is 5.69. The highest BCUT2D eigenvalue weighted by Crippen LogP contribution is 2.41. The number of benzene rings is 1. The molecule has 2 aliphatic rings. The standard InChI is InChI=1S/C19H18ClF4N5O/c1-10-17-14(29(27-26-17)15-6-5-11(21)9-25-15)7-8-28(10)18(30)12-3-2-4-13(16(12)20)19(22,23)24/h2-6,9-10,14,17-18,30H,7-8H2,1H3. The van der Waals surface area contributed by atoms with Gasteiger partial charge in [0, 0.05) is 18.2 Å². The minimum Gasteiger partial charge on any atom is -0.374 e. The first-order valence-electron chi connectivity index (χ1n) is 9.29. The fourth-order valence-electron chi connectivity index (χ4n) is 4.01. The largest absolute Gasteiger partial charge is 0.417 e. The minimum absolute atomic E-state index is 0.0104. The van der Waals surface area contributed by atoms with Gasteiger partial charge in [-0.25, -0.2) is 14.4 Å². The number of anilines is 1. The first-order chi connectivity index (χ1) is 14.2. The average molecular weight is 444 g/mol. The van der Waals surface area contributed by atoms with Gasteiger partial charge in [-0.2, -0.15) is 18.3 Å². The molecule has 4 unspecified atom stereocenters. The molecule has 0 spiro atoms. The molecule has 11 heteroatoms. The average Bonchev–Trinajstić information content (AvgIpc) is 3.13. The van der Waals surface area contributed by atoms with Crippen LogP contribution in [0.15, 0.2) is 46.9 Å². The Balaban J connectivity index is 1.55. The number of aromatic nitrogens is 1. The molecule has 6 nitrogen and oxygen atoms in total. The molecular formula is C19H18ClF4N5O. The Kier molecular flexibility index (Phi) is 5.41. The van der Waals surface area contributed by atoms with Gasteiger partial charge in [0.2, 0.25) is 0 Å². The molecule has 4 rings (SSSR count). The van der Waals surface area contributed by atoms with Gasteiger partial charge < -0.3 is 5.11 Å². The van der Waals surface area contributed by atoms with Gasteiger partial charge in [0.15, 0.2) is 5.82 Å². The van der Waals surface area contributed by atoms with Crippen LogP contribution in [-0.2, 0) is 6.18 Å². The van der Waals surface area contributed by atoms with Crippen LogP contribution in [0.4, 0.5) is 23.4 Å². The van der Waals surface area contributed by atoms with Crippen LogP contribution in [-0.4, -0.2) is 39.7 Å². The summed E-state index contributed by atoms with van der Waals surface area (Å²) >= 11 is 5.99. The number of rotatable bonds is 3. The van der Waals surface area contributed by atoms with Crippen molar-refractivity contribution in [3.05, 3.63) is 58.5 Å². The molecule has 4 atom stereocenters. The SMILES string of the molecule is CC1C2N=NN(c3ccc(F)cn3)C2CCN1C(O)c1cccc(C(F)(F)F)c1Cl. The first-order valence-corrected chi connectivity index (χ1v) is 9.67. The maximum atomic E-state index is 13.2. The molecule has 0 amide bonds. The van der Waals surface area contributed by atoms with Crippen molar-refractivity contribution in [2.45, 2.75) is 43.9 Å². The molecular weight excluding hydrogens is 426 g/mol. The molecule has 2 aromatic rings. The second-order valence-electron chi connectivity index (χ2n) is 7.29. The van der Waals surface area contributed by atoms with Crippen LogP contribution < -0.4 is 5.01 Å². The molecule has 0 radical (unpaired) electrons. The lowest BCUT2D eigenvalue weighted by molar-refractivity contribution is -0.137. The fourth-order valence-corrected chi connectivity index (χ4v) is 4.34. The summed E-state index contributed by atoms with van der Waals surface area (Å²) in [7, 11) is 0. The number of piperidine rings is 1. The molecule has 30 heavy (non-hydrogen) atoms. The summed E-state index contributed by atoms with van der Waals surface area (Å²) in [6.07, 6.45) is -4.33. The Hall–Kier alpha value is -2.30. The molecule has 1 aromatic heterocycles. The third kappa shape index (κ3) is 3.63. The molecule has 0 bridgehead atoms. The number of nitrogens with zero attached hydrogens (tertiary/aromatic N) is 5. The topological polar surface area (TPSA) is 64.3 Å². The Bertz CT molecular complexity index is 955. The number of aliphatic hydroxyl groups excluding tert-OH is 1. The van der Waals surface area contributed by atoms with E-state index in [1.54, 1.807) is 9.91 Å². The number of likely N-dealkylation sites (tertiary alicyclic amines) is 1. The van der Waals surface area contributed by atoms with Crippen LogP contribution in [0.5, 0.6) is 0 Å². The third-order valence-electron chi connectivity index (χ3n) is 5.56. The molecule has 1 saturated heterocycles. The van der Waals surface area contributed by atoms with Crippen LogP contribution in [0.2, 0.25) is 5.02 Å². The van der Waals surface area contributed by atoms with E-state index in [0.717, 1.165) is 12.3 Å². The van der Waals surface area contributed by atoms with Gasteiger partial charge in [-0.05, 0) is 31.5 Å². The van der Waals surface area contributed by atoms with E-state index in [1.807, 2.05) is 6.92 Å². The third-order valence-corrected chi connectivity index (χ3v) is 5.98. The fraction of sp³-hybridized carbons (Fsp3) is 0.421. The predicted octanol–water partition coefficient (Wildman–Crippen LogP) is 4.60. The lowest BCUT2D eigenvalue weighted by Crippen LogP contribution is -2.55. The van der Waals surface area contributed by atoms with Crippen LogP contribution in [0.25, 0.3) is 0 Å². The number of fused-ring (bicyclic) bond motifs is 1. The molecule has 1 N–H and O–H groups in total. The molecule has 3 heterocycles. The van der Waals surface area contributed by atoms with Gasteiger partial charge in [0.25, 0.3) is 0 Å². The normalized spacial score (nSPS) is 25.4. The van der Waals surface area contributed by atoms with Crippen molar-refractivity contribution >= 4 is 17.4 Å². The molecule has 0 aliphatic carbocycles. The zero-order valence-electron chi connectivity index (χ0n) is 15.8. The van der Waals surface area contributed by atoms with Gasteiger partial charge in [0.1, 0.15) is 18.1 Å². The molecule has 1 aromatic carbocycles. The van der Waals surface area contributed by atoms with Crippen molar-refractivity contribution in [3.63, 3.8) is 0 Å². The Morgan fingerprint density at radius 3 is 2.67 bits per heavy atom. The maximum Gasteiger partial charge on any atom is 0.417 e. The van der Waals surface area contributed by atoms with Crippen molar-refractivity contribution in [1.82, 2.24) is 9.88 Å². The first kappa shape index (κ1) is 21.0. The van der Waals surface area contributed by atoms with E-state index in [2.05, 4.69) is 15.3 Å². The zero-order chi connectivity index (χ0) is 21.6. The van der Waals surface area contributed by atoms with Crippen molar-refractivity contribution in [2.24, 2.45) is 10.3 Å². The summed E-state index contributed by atoms with van der Waals surface area (Å²) < 4.78 is 52.7.